The van der Waals surface area contributed by atoms with Crippen molar-refractivity contribution in [1.29, 1.82) is 0 Å². The van der Waals surface area contributed by atoms with Crippen molar-refractivity contribution in [2.75, 3.05) is 14.2 Å². The minimum absolute atomic E-state index is 0.0944. The van der Waals surface area contributed by atoms with Gasteiger partial charge in [0.25, 0.3) is 0 Å². The number of hydrogen-bond acceptors (Lipinski definition) is 3. The van der Waals surface area contributed by atoms with Crippen molar-refractivity contribution in [3.8, 4) is 5.75 Å². The molecule has 0 bridgehead atoms. The van der Waals surface area contributed by atoms with Crippen LogP contribution in [0.15, 0.2) is 42.7 Å². The fraction of sp³-hybridized carbons (Fsp3) is 0.389. The topological polar surface area (TPSA) is 34.2 Å². The third-order valence-corrected chi connectivity index (χ3v) is 3.75. The van der Waals surface area contributed by atoms with Crippen LogP contribution in [-0.4, -0.2) is 19.1 Å². The van der Waals surface area contributed by atoms with E-state index in [9.17, 15) is 0 Å². The summed E-state index contributed by atoms with van der Waals surface area (Å²) in [6, 6.07) is 10.9. The number of rotatable bonds is 4. The van der Waals surface area contributed by atoms with E-state index in [-0.39, 0.29) is 11.5 Å². The lowest BCUT2D eigenvalue weighted by Gasteiger charge is -2.22. The van der Waals surface area contributed by atoms with E-state index < -0.39 is 0 Å². The minimum Gasteiger partial charge on any atom is -0.495 e. The quantitative estimate of drug-likeness (QED) is 0.929. The van der Waals surface area contributed by atoms with Crippen LogP contribution in [0.2, 0.25) is 0 Å². The molecule has 0 saturated heterocycles. The lowest BCUT2D eigenvalue weighted by molar-refractivity contribution is 0.403. The van der Waals surface area contributed by atoms with Gasteiger partial charge in [-0.25, -0.2) is 0 Å². The Kier molecular flexibility index (Phi) is 4.63. The predicted octanol–water partition coefficient (Wildman–Crippen LogP) is 3.70. The van der Waals surface area contributed by atoms with E-state index in [0.717, 1.165) is 11.3 Å². The van der Waals surface area contributed by atoms with Crippen LogP contribution < -0.4 is 10.1 Å². The molecular weight excluding hydrogens is 260 g/mol. The van der Waals surface area contributed by atoms with Gasteiger partial charge in [-0.1, -0.05) is 45.0 Å². The van der Waals surface area contributed by atoms with E-state index in [4.69, 9.17) is 4.74 Å². The molecule has 2 aromatic rings. The molecule has 0 aliphatic carbocycles. The lowest BCUT2D eigenvalue weighted by Crippen LogP contribution is -2.19. The first-order valence-corrected chi connectivity index (χ1v) is 7.23. The Bertz CT molecular complexity index is 585. The van der Waals surface area contributed by atoms with Crippen LogP contribution in [0.4, 0.5) is 0 Å². The van der Waals surface area contributed by atoms with Gasteiger partial charge >= 0.3 is 0 Å². The summed E-state index contributed by atoms with van der Waals surface area (Å²) in [6.07, 6.45) is 3.55. The minimum atomic E-state index is 0.0944. The van der Waals surface area contributed by atoms with Crippen molar-refractivity contribution in [1.82, 2.24) is 10.3 Å². The van der Waals surface area contributed by atoms with Gasteiger partial charge in [0, 0.05) is 11.8 Å². The summed E-state index contributed by atoms with van der Waals surface area (Å²) in [5.74, 6) is 0.803. The number of pyridine rings is 1. The molecule has 0 saturated carbocycles. The van der Waals surface area contributed by atoms with E-state index in [1.807, 2.05) is 13.1 Å². The van der Waals surface area contributed by atoms with E-state index in [2.05, 4.69) is 55.3 Å². The van der Waals surface area contributed by atoms with Crippen LogP contribution in [0.5, 0.6) is 5.75 Å². The number of nitrogens with zero attached hydrogens (tertiary/aromatic N) is 1. The summed E-state index contributed by atoms with van der Waals surface area (Å²) in [4.78, 5) is 4.12. The van der Waals surface area contributed by atoms with E-state index in [1.165, 1.54) is 11.1 Å². The van der Waals surface area contributed by atoms with Crippen molar-refractivity contribution >= 4 is 0 Å². The highest BCUT2D eigenvalue weighted by Gasteiger charge is 2.18. The molecule has 1 N–H and O–H groups in total. The number of nitrogens with one attached hydrogen (secondary N) is 1. The Morgan fingerprint density at radius 2 is 1.76 bits per heavy atom. The first-order valence-electron chi connectivity index (χ1n) is 7.23. The highest BCUT2D eigenvalue weighted by atomic mass is 16.5. The van der Waals surface area contributed by atoms with Crippen LogP contribution in [0.25, 0.3) is 0 Å². The summed E-state index contributed by atoms with van der Waals surface area (Å²) in [6.45, 7) is 6.68. The summed E-state index contributed by atoms with van der Waals surface area (Å²) in [5, 5.41) is 3.36. The molecular formula is C18H24N2O. The first kappa shape index (κ1) is 15.5. The zero-order valence-corrected chi connectivity index (χ0v) is 13.5. The summed E-state index contributed by atoms with van der Waals surface area (Å²) in [5.41, 5.74) is 3.82. The van der Waals surface area contributed by atoms with Gasteiger partial charge in [0.1, 0.15) is 5.75 Å². The maximum Gasteiger partial charge on any atom is 0.142 e. The lowest BCUT2D eigenvalue weighted by atomic mass is 9.86. The van der Waals surface area contributed by atoms with Gasteiger partial charge in [-0.3, -0.25) is 4.98 Å². The molecule has 0 radical (unpaired) electrons. The molecule has 112 valence electrons. The number of benzene rings is 1. The van der Waals surface area contributed by atoms with E-state index in [0.29, 0.717) is 0 Å². The summed E-state index contributed by atoms with van der Waals surface area (Å²) < 4.78 is 5.43. The van der Waals surface area contributed by atoms with Crippen LogP contribution >= 0.6 is 0 Å². The molecule has 21 heavy (non-hydrogen) atoms. The van der Waals surface area contributed by atoms with Gasteiger partial charge in [-0.2, -0.15) is 0 Å². The Balaban J connectivity index is 2.38. The molecule has 0 spiro atoms. The molecule has 1 aromatic carbocycles. The maximum absolute atomic E-state index is 5.43. The zero-order valence-electron chi connectivity index (χ0n) is 13.5. The second-order valence-electron chi connectivity index (χ2n) is 6.21. The van der Waals surface area contributed by atoms with Crippen molar-refractivity contribution in [3.05, 3.63) is 59.4 Å². The highest BCUT2D eigenvalue weighted by Crippen LogP contribution is 2.30. The maximum atomic E-state index is 5.43. The third-order valence-electron chi connectivity index (χ3n) is 3.75. The molecule has 2 rings (SSSR count). The summed E-state index contributed by atoms with van der Waals surface area (Å²) >= 11 is 0. The number of methoxy groups -OCH3 is 1. The largest absolute Gasteiger partial charge is 0.495 e. The van der Waals surface area contributed by atoms with Crippen LogP contribution in [0, 0.1) is 0 Å². The molecule has 0 fully saturated rings. The Labute approximate surface area is 127 Å². The molecule has 1 atom stereocenters. The average Bonchev–Trinajstić information content (AvgIpc) is 2.48. The summed E-state index contributed by atoms with van der Waals surface area (Å²) in [7, 11) is 3.64. The van der Waals surface area contributed by atoms with Gasteiger partial charge in [-0.05, 0) is 29.7 Å². The molecule has 1 unspecified atom stereocenters. The Morgan fingerprint density at radius 3 is 2.29 bits per heavy atom. The van der Waals surface area contributed by atoms with Gasteiger partial charge < -0.3 is 10.1 Å². The van der Waals surface area contributed by atoms with Gasteiger partial charge in [-0.15, -0.1) is 0 Å². The van der Waals surface area contributed by atoms with Crippen LogP contribution in [0.1, 0.15) is 43.5 Å². The first-order chi connectivity index (χ1) is 9.97. The van der Waals surface area contributed by atoms with Crippen LogP contribution in [-0.2, 0) is 5.41 Å². The van der Waals surface area contributed by atoms with Crippen molar-refractivity contribution in [3.63, 3.8) is 0 Å². The highest BCUT2D eigenvalue weighted by molar-refractivity contribution is 5.41. The Morgan fingerprint density at radius 1 is 1.10 bits per heavy atom. The van der Waals surface area contributed by atoms with Crippen molar-refractivity contribution < 1.29 is 4.74 Å². The third kappa shape index (κ3) is 3.42. The zero-order chi connectivity index (χ0) is 15.5. The molecule has 3 nitrogen and oxygen atoms in total. The molecule has 3 heteroatoms. The van der Waals surface area contributed by atoms with Crippen LogP contribution in [0.3, 0.4) is 0 Å². The van der Waals surface area contributed by atoms with Gasteiger partial charge in [0.15, 0.2) is 0 Å². The van der Waals surface area contributed by atoms with E-state index in [1.54, 1.807) is 19.5 Å². The number of aromatic nitrogens is 1. The van der Waals surface area contributed by atoms with Gasteiger partial charge in [0.2, 0.25) is 0 Å². The smallest absolute Gasteiger partial charge is 0.142 e. The normalized spacial score (nSPS) is 13.0. The molecule has 1 heterocycles. The average molecular weight is 284 g/mol. The standard InChI is InChI=1S/C18H24N2O/c1-18(2,3)14-8-6-13(7-9-14)17(19-4)15-10-11-20-12-16(15)21-5/h6-12,17,19H,1-5H3. The number of ether oxygens (including phenoxy) is 1. The van der Waals surface area contributed by atoms with Gasteiger partial charge in [0.05, 0.1) is 19.3 Å². The monoisotopic (exact) mass is 284 g/mol. The Hall–Kier alpha value is -1.87. The molecule has 1 aromatic heterocycles. The second kappa shape index (κ2) is 6.27. The van der Waals surface area contributed by atoms with Crippen molar-refractivity contribution in [2.24, 2.45) is 0 Å². The molecule has 0 aliphatic heterocycles. The SMILES string of the molecule is CNC(c1ccc(C(C)(C)C)cc1)c1ccncc1OC. The van der Waals surface area contributed by atoms with Crippen molar-refractivity contribution in [2.45, 2.75) is 32.2 Å². The fourth-order valence-corrected chi connectivity index (χ4v) is 2.48. The second-order valence-corrected chi connectivity index (χ2v) is 6.21. The fourth-order valence-electron chi connectivity index (χ4n) is 2.48. The number of hydrogen-bond donors (Lipinski definition) is 1. The predicted molar refractivity (Wildman–Crippen MR) is 86.8 cm³/mol. The molecule has 0 amide bonds. The van der Waals surface area contributed by atoms with E-state index >= 15 is 0 Å². The molecule has 0 aliphatic rings.